The van der Waals surface area contributed by atoms with Gasteiger partial charge in [-0.25, -0.2) is 13.6 Å². The van der Waals surface area contributed by atoms with Crippen molar-refractivity contribution in [1.82, 2.24) is 0 Å². The topological polar surface area (TPSA) is 121 Å². The first-order valence-electron chi connectivity index (χ1n) is 5.12. The van der Waals surface area contributed by atoms with Crippen molar-refractivity contribution in [2.75, 3.05) is 11.4 Å². The van der Waals surface area contributed by atoms with Gasteiger partial charge in [0, 0.05) is 31.2 Å². The molecule has 0 bridgehead atoms. The zero-order chi connectivity index (χ0) is 13.5. The second-order valence-corrected chi connectivity index (χ2v) is 5.97. The van der Waals surface area contributed by atoms with E-state index in [9.17, 15) is 23.4 Å². The van der Waals surface area contributed by atoms with Crippen LogP contribution in [0.1, 0.15) is 6.42 Å². The van der Waals surface area contributed by atoms with Crippen LogP contribution < -0.4 is 10.0 Å². The van der Waals surface area contributed by atoms with Crippen molar-refractivity contribution in [3.63, 3.8) is 0 Å². The van der Waals surface area contributed by atoms with Crippen LogP contribution in [0, 0.1) is 0 Å². The summed E-state index contributed by atoms with van der Waals surface area (Å²) in [6.07, 6.45) is -0.199. The van der Waals surface area contributed by atoms with Crippen LogP contribution in [0.3, 0.4) is 0 Å². The number of carbonyl (C=O) groups excluding carboxylic acids is 1. The quantitative estimate of drug-likeness (QED) is 0.669. The molecule has 0 aliphatic carbocycles. The number of hydrogen-bond acceptors (Lipinski definition) is 5. The standard InChI is InChI=1S/C10H12N2O5S/c11-18(16,17)9-4-10(15)12(5-9)6-1-7(13)3-8(14)2-6/h1-3,9,13-14H,4-5H2,(H2,11,16,17). The van der Waals surface area contributed by atoms with Gasteiger partial charge in [-0.15, -0.1) is 0 Å². The number of anilines is 1. The largest absolute Gasteiger partial charge is 0.508 e. The Morgan fingerprint density at radius 2 is 1.78 bits per heavy atom. The van der Waals surface area contributed by atoms with E-state index in [-0.39, 0.29) is 30.2 Å². The number of primary sulfonamides is 1. The number of carbonyl (C=O) groups is 1. The van der Waals surface area contributed by atoms with Crippen LogP contribution in [-0.4, -0.2) is 36.3 Å². The normalized spacial score (nSPS) is 20.4. The van der Waals surface area contributed by atoms with Crippen LogP contribution >= 0.6 is 0 Å². The maximum atomic E-state index is 11.7. The third-order valence-corrected chi connectivity index (χ3v) is 4.00. The number of amides is 1. The number of phenolic OH excluding ortho intramolecular Hbond substituents is 2. The van der Waals surface area contributed by atoms with E-state index < -0.39 is 21.2 Å². The molecule has 0 spiro atoms. The Morgan fingerprint density at radius 1 is 1.22 bits per heavy atom. The lowest BCUT2D eigenvalue weighted by molar-refractivity contribution is -0.117. The molecule has 0 radical (unpaired) electrons. The fourth-order valence-electron chi connectivity index (χ4n) is 1.88. The summed E-state index contributed by atoms with van der Waals surface area (Å²) in [4.78, 5) is 12.9. The van der Waals surface area contributed by atoms with Gasteiger partial charge in [-0.05, 0) is 0 Å². The number of nitrogens with zero attached hydrogens (tertiary/aromatic N) is 1. The number of phenols is 2. The summed E-state index contributed by atoms with van der Waals surface area (Å²) in [5.74, 6) is -0.840. The Kier molecular flexibility index (Phi) is 2.91. The molecule has 1 aromatic rings. The van der Waals surface area contributed by atoms with Gasteiger partial charge in [-0.1, -0.05) is 0 Å². The second kappa shape index (κ2) is 4.14. The van der Waals surface area contributed by atoms with Crippen LogP contribution in [0.5, 0.6) is 11.5 Å². The Bertz CT molecular complexity index is 578. The maximum absolute atomic E-state index is 11.7. The molecule has 1 aliphatic heterocycles. The van der Waals surface area contributed by atoms with Crippen molar-refractivity contribution in [1.29, 1.82) is 0 Å². The summed E-state index contributed by atoms with van der Waals surface area (Å²) in [5.41, 5.74) is 0.239. The lowest BCUT2D eigenvalue weighted by Crippen LogP contribution is -2.32. The maximum Gasteiger partial charge on any atom is 0.228 e. The average molecular weight is 272 g/mol. The van der Waals surface area contributed by atoms with Gasteiger partial charge in [0.25, 0.3) is 0 Å². The molecule has 7 nitrogen and oxygen atoms in total. The van der Waals surface area contributed by atoms with Crippen molar-refractivity contribution < 1.29 is 23.4 Å². The third kappa shape index (κ3) is 2.39. The summed E-state index contributed by atoms with van der Waals surface area (Å²) in [6.45, 7) is -0.0828. The monoisotopic (exact) mass is 272 g/mol. The molecular formula is C10H12N2O5S. The number of sulfonamides is 1. The fraction of sp³-hybridized carbons (Fsp3) is 0.300. The van der Waals surface area contributed by atoms with Crippen LogP contribution in [-0.2, 0) is 14.8 Å². The first kappa shape index (κ1) is 12.7. The minimum Gasteiger partial charge on any atom is -0.508 e. The van der Waals surface area contributed by atoms with E-state index in [0.29, 0.717) is 0 Å². The molecular weight excluding hydrogens is 260 g/mol. The first-order valence-corrected chi connectivity index (χ1v) is 6.73. The van der Waals surface area contributed by atoms with E-state index in [4.69, 9.17) is 5.14 Å². The van der Waals surface area contributed by atoms with Crippen molar-refractivity contribution in [2.45, 2.75) is 11.7 Å². The highest BCUT2D eigenvalue weighted by Gasteiger charge is 2.37. The number of benzene rings is 1. The molecule has 1 heterocycles. The van der Waals surface area contributed by atoms with Gasteiger partial charge in [0.1, 0.15) is 16.7 Å². The third-order valence-electron chi connectivity index (χ3n) is 2.75. The molecule has 0 saturated carbocycles. The molecule has 8 heteroatoms. The minimum absolute atomic E-state index is 0.0828. The van der Waals surface area contributed by atoms with E-state index in [1.807, 2.05) is 0 Å². The van der Waals surface area contributed by atoms with Gasteiger partial charge in [0.05, 0.1) is 5.69 Å². The van der Waals surface area contributed by atoms with Crippen molar-refractivity contribution in [3.05, 3.63) is 18.2 Å². The minimum atomic E-state index is -3.78. The van der Waals surface area contributed by atoms with Crippen LogP contribution in [0.4, 0.5) is 5.69 Å². The van der Waals surface area contributed by atoms with E-state index >= 15 is 0 Å². The molecule has 1 aliphatic rings. The van der Waals surface area contributed by atoms with E-state index in [1.54, 1.807) is 0 Å². The van der Waals surface area contributed by atoms with Crippen molar-refractivity contribution in [2.24, 2.45) is 5.14 Å². The number of hydrogen-bond donors (Lipinski definition) is 3. The van der Waals surface area contributed by atoms with E-state index in [0.717, 1.165) is 6.07 Å². The fourth-order valence-corrected chi connectivity index (χ4v) is 2.61. The van der Waals surface area contributed by atoms with E-state index in [2.05, 4.69) is 0 Å². The molecule has 1 atom stereocenters. The number of nitrogens with two attached hydrogens (primary N) is 1. The summed E-state index contributed by atoms with van der Waals surface area (Å²) < 4.78 is 22.4. The summed E-state index contributed by atoms with van der Waals surface area (Å²) in [7, 11) is -3.78. The smallest absolute Gasteiger partial charge is 0.228 e. The lowest BCUT2D eigenvalue weighted by Gasteiger charge is -2.16. The Labute approximate surface area is 103 Å². The van der Waals surface area contributed by atoms with Crippen molar-refractivity contribution in [3.8, 4) is 11.5 Å². The van der Waals surface area contributed by atoms with E-state index in [1.165, 1.54) is 17.0 Å². The highest BCUT2D eigenvalue weighted by molar-refractivity contribution is 7.89. The van der Waals surface area contributed by atoms with Crippen LogP contribution in [0.15, 0.2) is 18.2 Å². The highest BCUT2D eigenvalue weighted by Crippen LogP contribution is 2.30. The molecule has 4 N–H and O–H groups in total. The van der Waals surface area contributed by atoms with Gasteiger partial charge in [0.15, 0.2) is 0 Å². The highest BCUT2D eigenvalue weighted by atomic mass is 32.2. The molecule has 1 aromatic carbocycles. The predicted octanol–water partition coefficient (Wildman–Crippen LogP) is -0.508. The van der Waals surface area contributed by atoms with Gasteiger partial charge < -0.3 is 15.1 Å². The zero-order valence-electron chi connectivity index (χ0n) is 9.28. The van der Waals surface area contributed by atoms with Gasteiger partial charge in [0.2, 0.25) is 15.9 Å². The summed E-state index contributed by atoms with van der Waals surface area (Å²) in [5, 5.41) is 22.7. The number of aromatic hydroxyl groups is 2. The van der Waals surface area contributed by atoms with Gasteiger partial charge >= 0.3 is 0 Å². The predicted molar refractivity (Wildman–Crippen MR) is 63.6 cm³/mol. The molecule has 1 fully saturated rings. The number of rotatable bonds is 2. The van der Waals surface area contributed by atoms with Gasteiger partial charge in [-0.3, -0.25) is 4.79 Å². The molecule has 1 saturated heterocycles. The molecule has 2 rings (SSSR count). The van der Waals surface area contributed by atoms with Crippen LogP contribution in [0.2, 0.25) is 0 Å². The Balaban J connectivity index is 2.32. The summed E-state index contributed by atoms with van der Waals surface area (Å²) in [6, 6.07) is 3.65. The first-order chi connectivity index (χ1) is 8.27. The molecule has 18 heavy (non-hydrogen) atoms. The molecule has 98 valence electrons. The molecule has 0 aromatic heterocycles. The molecule has 1 unspecified atom stereocenters. The lowest BCUT2D eigenvalue weighted by atomic mass is 10.2. The van der Waals surface area contributed by atoms with Crippen LogP contribution in [0.25, 0.3) is 0 Å². The Morgan fingerprint density at radius 3 is 2.22 bits per heavy atom. The Hall–Kier alpha value is -1.80. The van der Waals surface area contributed by atoms with Gasteiger partial charge in [-0.2, -0.15) is 0 Å². The zero-order valence-corrected chi connectivity index (χ0v) is 10.1. The average Bonchev–Trinajstić information content (AvgIpc) is 2.58. The van der Waals surface area contributed by atoms with Crippen molar-refractivity contribution >= 4 is 21.6 Å². The summed E-state index contributed by atoms with van der Waals surface area (Å²) >= 11 is 0. The second-order valence-electron chi connectivity index (χ2n) is 4.13. The molecule has 1 amide bonds. The SMILES string of the molecule is NS(=O)(=O)C1CC(=O)N(c2cc(O)cc(O)c2)C1.